The van der Waals surface area contributed by atoms with E-state index in [0.717, 1.165) is 23.0 Å². The first kappa shape index (κ1) is 20.3. The number of carbonyl (C=O) groups excluding carboxylic acids is 1. The van der Waals surface area contributed by atoms with Gasteiger partial charge in [0.15, 0.2) is 16.8 Å². The van der Waals surface area contributed by atoms with Crippen LogP contribution in [-0.2, 0) is 6.54 Å². The van der Waals surface area contributed by atoms with Crippen molar-refractivity contribution < 1.29 is 9.69 Å². The van der Waals surface area contributed by atoms with E-state index in [1.165, 1.54) is 22.2 Å². The minimum atomic E-state index is 0.103. The van der Waals surface area contributed by atoms with Gasteiger partial charge < -0.3 is 4.90 Å². The van der Waals surface area contributed by atoms with Crippen molar-refractivity contribution in [3.63, 3.8) is 0 Å². The summed E-state index contributed by atoms with van der Waals surface area (Å²) in [6.45, 7) is 2.87. The van der Waals surface area contributed by atoms with Gasteiger partial charge in [0.05, 0.1) is 26.4 Å². The first-order valence-corrected chi connectivity index (χ1v) is 10.6. The molecule has 28 heavy (non-hydrogen) atoms. The fourth-order valence-electron chi connectivity index (χ4n) is 3.27. The Balaban J connectivity index is 1.85. The van der Waals surface area contributed by atoms with Crippen molar-refractivity contribution in [1.82, 2.24) is 14.8 Å². The van der Waals surface area contributed by atoms with Crippen LogP contribution in [0.1, 0.15) is 41.1 Å². The summed E-state index contributed by atoms with van der Waals surface area (Å²) >= 11 is 1.46. The van der Waals surface area contributed by atoms with Crippen LogP contribution in [0.4, 0.5) is 0 Å². The third-order valence-electron chi connectivity index (χ3n) is 4.77. The van der Waals surface area contributed by atoms with E-state index in [1.54, 1.807) is 0 Å². The zero-order valence-corrected chi connectivity index (χ0v) is 17.4. The van der Waals surface area contributed by atoms with E-state index in [1.807, 2.05) is 48.5 Å². The second-order valence-electron chi connectivity index (χ2n) is 7.03. The molecule has 146 valence electrons. The molecule has 2 aromatic carbocycles. The number of nitrogens with one attached hydrogen (secondary N) is 1. The molecule has 6 heteroatoms. The summed E-state index contributed by atoms with van der Waals surface area (Å²) in [5.74, 6) is 1.43. The highest BCUT2D eigenvalue weighted by molar-refractivity contribution is 7.99. The van der Waals surface area contributed by atoms with Crippen LogP contribution in [-0.4, -0.2) is 40.4 Å². The lowest BCUT2D eigenvalue weighted by atomic mass is 10.2. The summed E-state index contributed by atoms with van der Waals surface area (Å²) < 4.78 is 2.17. The summed E-state index contributed by atoms with van der Waals surface area (Å²) in [5, 5.41) is 9.75. The van der Waals surface area contributed by atoms with Crippen LogP contribution in [0.5, 0.6) is 0 Å². The van der Waals surface area contributed by atoms with E-state index in [4.69, 9.17) is 0 Å². The number of quaternary nitrogens is 1. The van der Waals surface area contributed by atoms with Gasteiger partial charge in [-0.05, 0) is 5.56 Å². The maximum atomic E-state index is 12.5. The van der Waals surface area contributed by atoms with E-state index in [-0.39, 0.29) is 11.8 Å². The number of aromatic nitrogens is 3. The predicted molar refractivity (Wildman–Crippen MR) is 113 cm³/mol. The number of rotatable bonds is 9. The molecular weight excluding hydrogens is 368 g/mol. The summed E-state index contributed by atoms with van der Waals surface area (Å²) in [5.41, 5.74) is 1.93. The van der Waals surface area contributed by atoms with Crippen LogP contribution in [0.2, 0.25) is 0 Å². The summed E-state index contributed by atoms with van der Waals surface area (Å²) in [4.78, 5) is 13.8. The Hall–Kier alpha value is -2.44. The number of ketones is 1. The van der Waals surface area contributed by atoms with E-state index >= 15 is 0 Å². The van der Waals surface area contributed by atoms with E-state index in [2.05, 4.69) is 47.9 Å². The van der Waals surface area contributed by atoms with Crippen molar-refractivity contribution in [1.29, 1.82) is 0 Å². The fourth-order valence-corrected chi connectivity index (χ4v) is 4.11. The summed E-state index contributed by atoms with van der Waals surface area (Å²) in [7, 11) is 4.28. The number of hydrogen-bond donors (Lipinski definition) is 1. The first-order chi connectivity index (χ1) is 13.6. The van der Waals surface area contributed by atoms with Crippen molar-refractivity contribution in [2.45, 2.75) is 31.1 Å². The molecule has 0 radical (unpaired) electrons. The first-order valence-electron chi connectivity index (χ1n) is 9.58. The predicted octanol–water partition coefficient (Wildman–Crippen LogP) is 2.90. The number of carbonyl (C=O) groups is 1. The number of hydrogen-bond acceptors (Lipinski definition) is 4. The van der Waals surface area contributed by atoms with E-state index in [9.17, 15) is 4.79 Å². The Morgan fingerprint density at radius 3 is 2.29 bits per heavy atom. The second-order valence-corrected chi connectivity index (χ2v) is 7.97. The zero-order chi connectivity index (χ0) is 19.9. The molecule has 3 aromatic rings. The standard InChI is InChI=1S/C22H26N4OS/c1-4-19(25(2)3)21-23-24-22(26(21)15-17-11-7-5-8-12-17)28-16-20(27)18-13-9-6-10-14-18/h5-14,19H,4,15-16H2,1-3H3/p+1/t19-/m0/s1. The van der Waals surface area contributed by atoms with Crippen LogP contribution in [0, 0.1) is 0 Å². The SMILES string of the molecule is CC[C@@H](c1nnc(SCC(=O)c2ccccc2)n1Cc1ccccc1)[NH+](C)C. The Kier molecular flexibility index (Phi) is 7.01. The number of benzene rings is 2. The molecule has 0 spiro atoms. The van der Waals surface area contributed by atoms with Crippen LogP contribution < -0.4 is 4.90 Å². The van der Waals surface area contributed by atoms with Crippen LogP contribution >= 0.6 is 11.8 Å². The van der Waals surface area contributed by atoms with Crippen LogP contribution in [0.25, 0.3) is 0 Å². The molecule has 0 saturated carbocycles. The minimum absolute atomic E-state index is 0.103. The highest BCUT2D eigenvalue weighted by Crippen LogP contribution is 2.23. The molecule has 0 aliphatic carbocycles. The molecule has 0 saturated heterocycles. The average molecular weight is 396 g/mol. The van der Waals surface area contributed by atoms with Gasteiger partial charge >= 0.3 is 0 Å². The van der Waals surface area contributed by atoms with Crippen LogP contribution in [0.15, 0.2) is 65.8 Å². The van der Waals surface area contributed by atoms with Gasteiger partial charge in [0, 0.05) is 12.0 Å². The molecular formula is C22H27N4OS+. The maximum absolute atomic E-state index is 12.5. The molecule has 5 nitrogen and oxygen atoms in total. The van der Waals surface area contributed by atoms with Gasteiger partial charge in [-0.25, -0.2) is 0 Å². The molecule has 0 aliphatic rings. The lowest BCUT2D eigenvalue weighted by Gasteiger charge is -2.20. The molecule has 0 unspecified atom stereocenters. The number of Topliss-reactive ketones (excluding diaryl/α,β-unsaturated/α-hetero) is 1. The number of thioether (sulfide) groups is 1. The minimum Gasteiger partial charge on any atom is -0.331 e. The molecule has 0 aliphatic heterocycles. The molecule has 3 rings (SSSR count). The normalized spacial score (nSPS) is 12.3. The highest BCUT2D eigenvalue weighted by atomic mass is 32.2. The topological polar surface area (TPSA) is 52.2 Å². The quantitative estimate of drug-likeness (QED) is 0.447. The summed E-state index contributed by atoms with van der Waals surface area (Å²) in [6.07, 6.45) is 0.975. The number of nitrogens with zero attached hydrogens (tertiary/aromatic N) is 3. The van der Waals surface area contributed by atoms with Gasteiger partial charge in [-0.15, -0.1) is 10.2 Å². The maximum Gasteiger partial charge on any atom is 0.192 e. The van der Waals surface area contributed by atoms with Crippen molar-refractivity contribution >= 4 is 17.5 Å². The van der Waals surface area contributed by atoms with Crippen molar-refractivity contribution in [3.8, 4) is 0 Å². The molecule has 1 atom stereocenters. The van der Waals surface area contributed by atoms with Gasteiger partial charge in [-0.3, -0.25) is 9.36 Å². The van der Waals surface area contributed by atoms with Gasteiger partial charge in [0.1, 0.15) is 6.04 Å². The molecule has 0 fully saturated rings. The Labute approximate surface area is 170 Å². The molecule has 0 amide bonds. The summed E-state index contributed by atoms with van der Waals surface area (Å²) in [6, 6.07) is 20.0. The van der Waals surface area contributed by atoms with E-state index in [0.29, 0.717) is 12.3 Å². The third kappa shape index (κ3) is 4.88. The smallest absolute Gasteiger partial charge is 0.192 e. The fraction of sp³-hybridized carbons (Fsp3) is 0.318. The molecule has 0 bridgehead atoms. The molecule has 1 heterocycles. The van der Waals surface area contributed by atoms with Gasteiger partial charge in [-0.1, -0.05) is 79.3 Å². The second kappa shape index (κ2) is 9.66. The Bertz CT molecular complexity index is 893. The van der Waals surface area contributed by atoms with Crippen LogP contribution in [0.3, 0.4) is 0 Å². The van der Waals surface area contributed by atoms with Gasteiger partial charge in [0.25, 0.3) is 0 Å². The van der Waals surface area contributed by atoms with Crippen molar-refractivity contribution in [2.75, 3.05) is 19.8 Å². The third-order valence-corrected chi connectivity index (χ3v) is 5.74. The van der Waals surface area contributed by atoms with Gasteiger partial charge in [0.2, 0.25) is 0 Å². The largest absolute Gasteiger partial charge is 0.331 e. The lowest BCUT2D eigenvalue weighted by molar-refractivity contribution is -0.893. The molecule has 1 aromatic heterocycles. The highest BCUT2D eigenvalue weighted by Gasteiger charge is 2.25. The molecule has 1 N–H and O–H groups in total. The van der Waals surface area contributed by atoms with Crippen molar-refractivity contribution in [2.24, 2.45) is 0 Å². The van der Waals surface area contributed by atoms with E-state index < -0.39 is 0 Å². The Morgan fingerprint density at radius 1 is 1.04 bits per heavy atom. The lowest BCUT2D eigenvalue weighted by Crippen LogP contribution is -3.06. The zero-order valence-electron chi connectivity index (χ0n) is 16.6. The monoisotopic (exact) mass is 395 g/mol. The van der Waals surface area contributed by atoms with Crippen molar-refractivity contribution in [3.05, 3.63) is 77.6 Å². The van der Waals surface area contributed by atoms with Gasteiger partial charge in [-0.2, -0.15) is 0 Å². The Morgan fingerprint density at radius 2 is 1.68 bits per heavy atom. The average Bonchev–Trinajstić information content (AvgIpc) is 3.10.